The van der Waals surface area contributed by atoms with Crippen molar-refractivity contribution in [3.8, 4) is 0 Å². The Labute approximate surface area is 80.3 Å². The van der Waals surface area contributed by atoms with Crippen molar-refractivity contribution in [3.63, 3.8) is 0 Å². The van der Waals surface area contributed by atoms with E-state index < -0.39 is 0 Å². The van der Waals surface area contributed by atoms with Crippen LogP contribution in [-0.4, -0.2) is 29.9 Å². The highest BCUT2D eigenvalue weighted by Crippen LogP contribution is 2.22. The molecule has 0 radical (unpaired) electrons. The molecule has 0 spiro atoms. The zero-order chi connectivity index (χ0) is 10.0. The molecular weight excluding hydrogens is 164 g/mol. The van der Waals surface area contributed by atoms with Crippen LogP contribution in [0.5, 0.6) is 0 Å². The van der Waals surface area contributed by atoms with Crippen LogP contribution in [0.1, 0.15) is 27.2 Å². The predicted octanol–water partition coefficient (Wildman–Crippen LogP) is 0.838. The summed E-state index contributed by atoms with van der Waals surface area (Å²) in [7, 11) is 0. The van der Waals surface area contributed by atoms with Gasteiger partial charge in [-0.25, -0.2) is 0 Å². The third kappa shape index (κ3) is 2.21. The lowest BCUT2D eigenvalue weighted by Gasteiger charge is -2.19. The number of hydrogen-bond acceptors (Lipinski definition) is 2. The van der Waals surface area contributed by atoms with Gasteiger partial charge >= 0.3 is 0 Å². The van der Waals surface area contributed by atoms with E-state index in [9.17, 15) is 4.79 Å². The van der Waals surface area contributed by atoms with Gasteiger partial charge in [0.15, 0.2) is 0 Å². The summed E-state index contributed by atoms with van der Waals surface area (Å²) in [6.45, 7) is 8.09. The molecule has 1 aliphatic heterocycles. The van der Waals surface area contributed by atoms with Gasteiger partial charge in [0, 0.05) is 13.1 Å². The molecule has 0 aromatic rings. The fourth-order valence-electron chi connectivity index (χ4n) is 1.72. The molecule has 3 unspecified atom stereocenters. The van der Waals surface area contributed by atoms with Gasteiger partial charge in [0.1, 0.15) is 0 Å². The average Bonchev–Trinajstić information content (AvgIpc) is 2.44. The van der Waals surface area contributed by atoms with Gasteiger partial charge in [-0.3, -0.25) is 4.79 Å². The zero-order valence-corrected chi connectivity index (χ0v) is 8.79. The van der Waals surface area contributed by atoms with E-state index in [0.29, 0.717) is 11.8 Å². The van der Waals surface area contributed by atoms with E-state index in [4.69, 9.17) is 5.73 Å². The second-order valence-corrected chi connectivity index (χ2v) is 4.21. The summed E-state index contributed by atoms with van der Waals surface area (Å²) < 4.78 is 0. The Balaban J connectivity index is 2.50. The van der Waals surface area contributed by atoms with Crippen molar-refractivity contribution in [2.75, 3.05) is 13.1 Å². The van der Waals surface area contributed by atoms with Crippen molar-refractivity contribution < 1.29 is 4.79 Å². The van der Waals surface area contributed by atoms with Crippen LogP contribution in [-0.2, 0) is 4.79 Å². The highest BCUT2D eigenvalue weighted by Gasteiger charge is 2.30. The second kappa shape index (κ2) is 4.09. The standard InChI is InChI=1S/C10H20N2O/c1-4-9(11)10(13)12-5-7(2)8(3)6-12/h7-9H,4-6,11H2,1-3H3. The van der Waals surface area contributed by atoms with E-state index in [1.54, 1.807) is 0 Å². The average molecular weight is 184 g/mol. The summed E-state index contributed by atoms with van der Waals surface area (Å²) in [5.41, 5.74) is 5.70. The first kappa shape index (κ1) is 10.5. The van der Waals surface area contributed by atoms with E-state index in [1.807, 2.05) is 11.8 Å². The minimum absolute atomic E-state index is 0.124. The summed E-state index contributed by atoms with van der Waals surface area (Å²) in [5, 5.41) is 0. The number of likely N-dealkylation sites (tertiary alicyclic amines) is 1. The first-order chi connectivity index (χ1) is 6.06. The number of nitrogens with two attached hydrogens (primary N) is 1. The molecule has 0 aliphatic carbocycles. The van der Waals surface area contributed by atoms with Crippen LogP contribution in [0.3, 0.4) is 0 Å². The molecule has 2 N–H and O–H groups in total. The van der Waals surface area contributed by atoms with Crippen LogP contribution in [0.25, 0.3) is 0 Å². The fraction of sp³-hybridized carbons (Fsp3) is 0.900. The lowest BCUT2D eigenvalue weighted by Crippen LogP contribution is -2.42. The summed E-state index contributed by atoms with van der Waals surface area (Å²) in [6.07, 6.45) is 0.734. The van der Waals surface area contributed by atoms with E-state index in [0.717, 1.165) is 19.5 Å². The maximum Gasteiger partial charge on any atom is 0.239 e. The maximum absolute atomic E-state index is 11.7. The van der Waals surface area contributed by atoms with Crippen LogP contribution >= 0.6 is 0 Å². The Morgan fingerprint density at radius 1 is 1.46 bits per heavy atom. The van der Waals surface area contributed by atoms with E-state index in [-0.39, 0.29) is 11.9 Å². The molecule has 1 aliphatic rings. The number of rotatable bonds is 2. The van der Waals surface area contributed by atoms with E-state index in [1.165, 1.54) is 0 Å². The smallest absolute Gasteiger partial charge is 0.239 e. The van der Waals surface area contributed by atoms with Crippen molar-refractivity contribution in [3.05, 3.63) is 0 Å². The first-order valence-electron chi connectivity index (χ1n) is 5.10. The van der Waals surface area contributed by atoms with Crippen molar-refractivity contribution in [2.24, 2.45) is 17.6 Å². The van der Waals surface area contributed by atoms with Gasteiger partial charge in [-0.2, -0.15) is 0 Å². The van der Waals surface area contributed by atoms with Gasteiger partial charge in [0.05, 0.1) is 6.04 Å². The first-order valence-corrected chi connectivity index (χ1v) is 5.10. The van der Waals surface area contributed by atoms with Crippen molar-refractivity contribution in [1.82, 2.24) is 4.90 Å². The Bertz CT molecular complexity index is 183. The van der Waals surface area contributed by atoms with Gasteiger partial charge in [-0.05, 0) is 18.3 Å². The van der Waals surface area contributed by atoms with Crippen LogP contribution < -0.4 is 5.73 Å². The Hall–Kier alpha value is -0.570. The molecule has 1 fully saturated rings. The van der Waals surface area contributed by atoms with Crippen molar-refractivity contribution >= 4 is 5.91 Å². The summed E-state index contributed by atoms with van der Waals surface area (Å²) in [6, 6.07) is -0.294. The van der Waals surface area contributed by atoms with Crippen molar-refractivity contribution in [2.45, 2.75) is 33.2 Å². The molecule has 13 heavy (non-hydrogen) atoms. The van der Waals surface area contributed by atoms with Crippen LogP contribution in [0.4, 0.5) is 0 Å². The van der Waals surface area contributed by atoms with Crippen LogP contribution in [0.15, 0.2) is 0 Å². The molecule has 3 heteroatoms. The Morgan fingerprint density at radius 2 is 1.92 bits per heavy atom. The topological polar surface area (TPSA) is 46.3 Å². The predicted molar refractivity (Wildman–Crippen MR) is 53.2 cm³/mol. The largest absolute Gasteiger partial charge is 0.341 e. The van der Waals surface area contributed by atoms with Gasteiger partial charge in [0.25, 0.3) is 0 Å². The van der Waals surface area contributed by atoms with E-state index in [2.05, 4.69) is 13.8 Å². The van der Waals surface area contributed by atoms with Gasteiger partial charge in [-0.1, -0.05) is 20.8 Å². The Kier molecular flexibility index (Phi) is 3.31. The molecule has 0 aromatic carbocycles. The van der Waals surface area contributed by atoms with Crippen LogP contribution in [0.2, 0.25) is 0 Å². The Morgan fingerprint density at radius 3 is 2.31 bits per heavy atom. The number of hydrogen-bond donors (Lipinski definition) is 1. The molecule has 3 atom stereocenters. The lowest BCUT2D eigenvalue weighted by molar-refractivity contribution is -0.131. The summed E-state index contributed by atoms with van der Waals surface area (Å²) >= 11 is 0. The molecule has 1 amide bonds. The van der Waals surface area contributed by atoms with Crippen LogP contribution in [0, 0.1) is 11.8 Å². The van der Waals surface area contributed by atoms with Gasteiger partial charge in [-0.15, -0.1) is 0 Å². The molecular formula is C10H20N2O. The fourth-order valence-corrected chi connectivity index (χ4v) is 1.72. The quantitative estimate of drug-likeness (QED) is 0.691. The third-order valence-electron chi connectivity index (χ3n) is 3.06. The summed E-state index contributed by atoms with van der Waals surface area (Å²) in [4.78, 5) is 13.6. The molecule has 1 saturated heterocycles. The monoisotopic (exact) mass is 184 g/mol. The SMILES string of the molecule is CCC(N)C(=O)N1CC(C)C(C)C1. The molecule has 76 valence electrons. The number of nitrogens with zero attached hydrogens (tertiary/aromatic N) is 1. The number of amides is 1. The third-order valence-corrected chi connectivity index (χ3v) is 3.06. The molecule has 1 rings (SSSR count). The van der Waals surface area contributed by atoms with Gasteiger partial charge < -0.3 is 10.6 Å². The second-order valence-electron chi connectivity index (χ2n) is 4.21. The number of carbonyl (C=O) groups excluding carboxylic acids is 1. The molecule has 0 saturated carbocycles. The minimum Gasteiger partial charge on any atom is -0.341 e. The summed E-state index contributed by atoms with van der Waals surface area (Å²) in [5.74, 6) is 1.36. The maximum atomic E-state index is 11.7. The van der Waals surface area contributed by atoms with E-state index >= 15 is 0 Å². The molecule has 0 bridgehead atoms. The molecule has 3 nitrogen and oxygen atoms in total. The zero-order valence-electron chi connectivity index (χ0n) is 8.79. The highest BCUT2D eigenvalue weighted by molar-refractivity contribution is 5.81. The molecule has 1 heterocycles. The minimum atomic E-state index is -0.294. The lowest BCUT2D eigenvalue weighted by atomic mass is 10.0. The van der Waals surface area contributed by atoms with Crippen molar-refractivity contribution in [1.29, 1.82) is 0 Å². The highest BCUT2D eigenvalue weighted by atomic mass is 16.2. The molecule has 0 aromatic heterocycles. The normalized spacial score (nSPS) is 30.6. The number of carbonyl (C=O) groups is 1. The van der Waals surface area contributed by atoms with Gasteiger partial charge in [0.2, 0.25) is 5.91 Å².